The molecular formula is C21H25N3O6S. The van der Waals surface area contributed by atoms with Gasteiger partial charge in [0, 0.05) is 11.4 Å². The third kappa shape index (κ3) is 7.74. The summed E-state index contributed by atoms with van der Waals surface area (Å²) in [5.74, 6) is -1.69. The number of benzene rings is 2. The first-order chi connectivity index (χ1) is 14.6. The van der Waals surface area contributed by atoms with Crippen LogP contribution in [0.4, 0.5) is 16.2 Å². The zero-order valence-electron chi connectivity index (χ0n) is 17.5. The SMILES string of the molecule is CCCS(=O)(=O)Nc1cccc(C(=O)OCC(=O)NC(=O)Nc2ccc(C)c(C)c2)c1. The Kier molecular flexibility index (Phi) is 8.14. The molecule has 0 bridgehead atoms. The van der Waals surface area contributed by atoms with Crippen LogP contribution in [0.3, 0.4) is 0 Å². The number of carbonyl (C=O) groups is 3. The second-order valence-electron chi connectivity index (χ2n) is 6.88. The van der Waals surface area contributed by atoms with E-state index in [2.05, 4.69) is 15.4 Å². The number of hydrogen-bond acceptors (Lipinski definition) is 6. The van der Waals surface area contributed by atoms with E-state index in [1.165, 1.54) is 24.3 Å². The lowest BCUT2D eigenvalue weighted by Crippen LogP contribution is -2.37. The number of urea groups is 1. The van der Waals surface area contributed by atoms with Crippen molar-refractivity contribution in [3.05, 3.63) is 59.2 Å². The minimum atomic E-state index is -3.51. The van der Waals surface area contributed by atoms with E-state index in [1.54, 1.807) is 19.1 Å². The Morgan fingerprint density at radius 2 is 1.71 bits per heavy atom. The minimum Gasteiger partial charge on any atom is -0.452 e. The molecule has 2 rings (SSSR count). The molecule has 0 atom stereocenters. The summed E-state index contributed by atoms with van der Waals surface area (Å²) in [5, 5.41) is 4.59. The fourth-order valence-corrected chi connectivity index (χ4v) is 3.69. The average Bonchev–Trinajstić information content (AvgIpc) is 2.68. The molecule has 0 aliphatic heterocycles. The molecule has 3 amide bonds. The van der Waals surface area contributed by atoms with Crippen molar-refractivity contribution in [3.8, 4) is 0 Å². The van der Waals surface area contributed by atoms with Crippen molar-refractivity contribution >= 4 is 39.3 Å². The zero-order valence-corrected chi connectivity index (χ0v) is 18.3. The lowest BCUT2D eigenvalue weighted by atomic mass is 10.1. The molecule has 3 N–H and O–H groups in total. The average molecular weight is 448 g/mol. The van der Waals surface area contributed by atoms with E-state index in [-0.39, 0.29) is 17.0 Å². The van der Waals surface area contributed by atoms with Crippen LogP contribution < -0.4 is 15.4 Å². The van der Waals surface area contributed by atoms with Gasteiger partial charge in [-0.05, 0) is 61.7 Å². The quantitative estimate of drug-likeness (QED) is 0.533. The maximum atomic E-state index is 12.2. The number of esters is 1. The van der Waals surface area contributed by atoms with Crippen molar-refractivity contribution in [3.63, 3.8) is 0 Å². The molecule has 10 heteroatoms. The maximum absolute atomic E-state index is 12.2. The Hall–Kier alpha value is -3.40. The second-order valence-corrected chi connectivity index (χ2v) is 8.72. The maximum Gasteiger partial charge on any atom is 0.338 e. The normalized spacial score (nSPS) is 10.8. The van der Waals surface area contributed by atoms with Gasteiger partial charge in [0.15, 0.2) is 6.61 Å². The van der Waals surface area contributed by atoms with Gasteiger partial charge in [-0.25, -0.2) is 18.0 Å². The first-order valence-corrected chi connectivity index (χ1v) is 11.2. The van der Waals surface area contributed by atoms with Crippen molar-refractivity contribution in [2.75, 3.05) is 22.4 Å². The van der Waals surface area contributed by atoms with Gasteiger partial charge in [-0.2, -0.15) is 0 Å². The van der Waals surface area contributed by atoms with Crippen LogP contribution in [0, 0.1) is 13.8 Å². The lowest BCUT2D eigenvalue weighted by molar-refractivity contribution is -0.123. The van der Waals surface area contributed by atoms with Crippen LogP contribution in [0.25, 0.3) is 0 Å². The van der Waals surface area contributed by atoms with Crippen LogP contribution in [0.1, 0.15) is 34.8 Å². The fraction of sp³-hybridized carbons (Fsp3) is 0.286. The van der Waals surface area contributed by atoms with Gasteiger partial charge in [-0.15, -0.1) is 0 Å². The summed E-state index contributed by atoms with van der Waals surface area (Å²) in [7, 11) is -3.51. The molecule has 2 aromatic carbocycles. The van der Waals surface area contributed by atoms with Gasteiger partial charge in [0.1, 0.15) is 0 Å². The summed E-state index contributed by atoms with van der Waals surface area (Å²) in [6, 6.07) is 10.3. The molecule has 0 fully saturated rings. The number of hydrogen-bond donors (Lipinski definition) is 3. The number of rotatable bonds is 8. The number of sulfonamides is 1. The van der Waals surface area contributed by atoms with E-state index < -0.39 is 34.5 Å². The number of ether oxygens (including phenoxy) is 1. The zero-order chi connectivity index (χ0) is 23.0. The van der Waals surface area contributed by atoms with Crippen molar-refractivity contribution in [2.45, 2.75) is 27.2 Å². The number of anilines is 2. The topological polar surface area (TPSA) is 131 Å². The number of carbonyl (C=O) groups excluding carboxylic acids is 3. The summed E-state index contributed by atoms with van der Waals surface area (Å²) in [4.78, 5) is 36.0. The first kappa shape index (κ1) is 23.9. The summed E-state index contributed by atoms with van der Waals surface area (Å²) in [6.45, 7) is 4.89. The van der Waals surface area contributed by atoms with Gasteiger partial charge in [0.05, 0.1) is 11.3 Å². The third-order valence-corrected chi connectivity index (χ3v) is 5.69. The molecule has 0 unspecified atom stereocenters. The number of imide groups is 1. The molecule has 31 heavy (non-hydrogen) atoms. The Bertz CT molecular complexity index is 1080. The van der Waals surface area contributed by atoms with E-state index in [1.807, 2.05) is 19.9 Å². The second kappa shape index (κ2) is 10.6. The van der Waals surface area contributed by atoms with Crippen LogP contribution in [-0.4, -0.2) is 38.7 Å². The summed E-state index contributed by atoms with van der Waals surface area (Å²) in [5.41, 5.74) is 2.84. The first-order valence-electron chi connectivity index (χ1n) is 9.55. The Morgan fingerprint density at radius 3 is 2.39 bits per heavy atom. The number of amides is 3. The molecule has 0 aromatic heterocycles. The van der Waals surface area contributed by atoms with Gasteiger partial charge >= 0.3 is 12.0 Å². The minimum absolute atomic E-state index is 0.0495. The monoisotopic (exact) mass is 447 g/mol. The Labute approximate surface area is 181 Å². The van der Waals surface area contributed by atoms with E-state index in [9.17, 15) is 22.8 Å². The van der Waals surface area contributed by atoms with Crippen LogP contribution in [0.5, 0.6) is 0 Å². The van der Waals surface area contributed by atoms with E-state index in [0.717, 1.165) is 11.1 Å². The van der Waals surface area contributed by atoms with Gasteiger partial charge in [0.25, 0.3) is 5.91 Å². The lowest BCUT2D eigenvalue weighted by Gasteiger charge is -2.10. The number of nitrogens with one attached hydrogen (secondary N) is 3. The third-order valence-electron chi connectivity index (χ3n) is 4.20. The van der Waals surface area contributed by atoms with Crippen LogP contribution in [0.15, 0.2) is 42.5 Å². The van der Waals surface area contributed by atoms with Crippen LogP contribution in [-0.2, 0) is 19.6 Å². The molecular weight excluding hydrogens is 422 g/mol. The summed E-state index contributed by atoms with van der Waals surface area (Å²) in [6.07, 6.45) is 0.448. The predicted octanol–water partition coefficient (Wildman–Crippen LogP) is 2.96. The smallest absolute Gasteiger partial charge is 0.338 e. The molecule has 0 radical (unpaired) electrons. The van der Waals surface area contributed by atoms with Crippen molar-refractivity contribution < 1.29 is 27.5 Å². The molecule has 0 saturated heterocycles. The largest absolute Gasteiger partial charge is 0.452 e. The number of aryl methyl sites for hydroxylation is 2. The standard InChI is InChI=1S/C21H25N3O6S/c1-4-10-31(28,29)24-18-7-5-6-16(12-18)20(26)30-13-19(25)23-21(27)22-17-9-8-14(2)15(3)11-17/h5-9,11-12,24H,4,10,13H2,1-3H3,(H2,22,23,25,27). The van der Waals surface area contributed by atoms with Crippen LogP contribution >= 0.6 is 0 Å². The van der Waals surface area contributed by atoms with E-state index in [0.29, 0.717) is 12.1 Å². The van der Waals surface area contributed by atoms with Crippen molar-refractivity contribution in [1.82, 2.24) is 5.32 Å². The molecule has 2 aromatic rings. The summed E-state index contributed by atoms with van der Waals surface area (Å²) >= 11 is 0. The van der Waals surface area contributed by atoms with Gasteiger partial charge in [-0.3, -0.25) is 14.8 Å². The molecule has 166 valence electrons. The predicted molar refractivity (Wildman–Crippen MR) is 118 cm³/mol. The van der Waals surface area contributed by atoms with E-state index >= 15 is 0 Å². The highest BCUT2D eigenvalue weighted by Gasteiger charge is 2.15. The molecule has 0 aliphatic rings. The van der Waals surface area contributed by atoms with Crippen molar-refractivity contribution in [1.29, 1.82) is 0 Å². The van der Waals surface area contributed by atoms with E-state index in [4.69, 9.17) is 4.74 Å². The molecule has 0 heterocycles. The van der Waals surface area contributed by atoms with Crippen molar-refractivity contribution in [2.24, 2.45) is 0 Å². The summed E-state index contributed by atoms with van der Waals surface area (Å²) < 4.78 is 31.0. The molecule has 0 aliphatic carbocycles. The van der Waals surface area contributed by atoms with Gasteiger partial charge in [-0.1, -0.05) is 19.1 Å². The van der Waals surface area contributed by atoms with Gasteiger partial charge in [0.2, 0.25) is 10.0 Å². The highest BCUT2D eigenvalue weighted by Crippen LogP contribution is 2.15. The fourth-order valence-electron chi connectivity index (χ4n) is 2.57. The highest BCUT2D eigenvalue weighted by molar-refractivity contribution is 7.92. The van der Waals surface area contributed by atoms with Gasteiger partial charge < -0.3 is 10.1 Å². The van der Waals surface area contributed by atoms with Crippen LogP contribution in [0.2, 0.25) is 0 Å². The Morgan fingerprint density at radius 1 is 0.968 bits per heavy atom. The highest BCUT2D eigenvalue weighted by atomic mass is 32.2. The molecule has 0 saturated carbocycles. The molecule has 0 spiro atoms. The molecule has 9 nitrogen and oxygen atoms in total. The Balaban J connectivity index is 1.87.